The van der Waals surface area contributed by atoms with Crippen LogP contribution < -0.4 is 0 Å². The van der Waals surface area contributed by atoms with E-state index in [4.69, 9.17) is 9.47 Å². The molecular formula is C13H19NO4. The van der Waals surface area contributed by atoms with Gasteiger partial charge in [0.2, 0.25) is 0 Å². The largest absolute Gasteiger partial charge is 0.454 e. The molecule has 1 saturated heterocycles. The molecule has 0 N–H and O–H groups in total. The van der Waals surface area contributed by atoms with Gasteiger partial charge in [0.05, 0.1) is 6.07 Å². The zero-order valence-electron chi connectivity index (χ0n) is 11.5. The molecule has 0 saturated carbocycles. The first-order chi connectivity index (χ1) is 8.17. The molecule has 0 amide bonds. The van der Waals surface area contributed by atoms with Crippen LogP contribution in [0.15, 0.2) is 0 Å². The van der Waals surface area contributed by atoms with Crippen LogP contribution in [0.3, 0.4) is 0 Å². The van der Waals surface area contributed by atoms with Crippen molar-refractivity contribution in [3.63, 3.8) is 0 Å². The van der Waals surface area contributed by atoms with Gasteiger partial charge in [-0.1, -0.05) is 13.3 Å². The van der Waals surface area contributed by atoms with Gasteiger partial charge in [-0.15, -0.1) is 0 Å². The van der Waals surface area contributed by atoms with Crippen molar-refractivity contribution in [3.05, 3.63) is 0 Å². The summed E-state index contributed by atoms with van der Waals surface area (Å²) in [5.74, 6) is -1.14. The Hall–Kier alpha value is -1.57. The van der Waals surface area contributed by atoms with Crippen molar-refractivity contribution < 1.29 is 19.1 Å². The number of carbonyl (C=O) groups is 2. The van der Waals surface area contributed by atoms with Gasteiger partial charge in [0.25, 0.3) is 0 Å². The average molecular weight is 253 g/mol. The van der Waals surface area contributed by atoms with E-state index < -0.39 is 28.6 Å². The lowest BCUT2D eigenvalue weighted by atomic mass is 9.66. The summed E-state index contributed by atoms with van der Waals surface area (Å²) in [7, 11) is 0. The fraction of sp³-hybridized carbons (Fsp3) is 0.769. The first-order valence-corrected chi connectivity index (χ1v) is 6.01. The molecule has 1 aliphatic rings. The van der Waals surface area contributed by atoms with E-state index in [0.29, 0.717) is 12.8 Å². The van der Waals surface area contributed by atoms with Crippen LogP contribution in [0.25, 0.3) is 0 Å². The molecule has 0 aromatic rings. The molecule has 1 rings (SSSR count). The number of nitrogens with zero attached hydrogens (tertiary/aromatic N) is 1. The quantitative estimate of drug-likeness (QED) is 0.718. The zero-order chi connectivity index (χ0) is 14.2. The summed E-state index contributed by atoms with van der Waals surface area (Å²) in [5, 5.41) is 9.46. The lowest BCUT2D eigenvalue weighted by molar-refractivity contribution is -0.180. The first kappa shape index (κ1) is 14.5. The lowest BCUT2D eigenvalue weighted by Gasteiger charge is -2.40. The number of hydrogen-bond donors (Lipinski definition) is 0. The van der Waals surface area contributed by atoms with E-state index in [0.717, 1.165) is 0 Å². The Morgan fingerprint density at radius 2 is 2.00 bits per heavy atom. The maximum Gasteiger partial charge on any atom is 0.331 e. The van der Waals surface area contributed by atoms with Crippen LogP contribution in [0.2, 0.25) is 0 Å². The summed E-state index contributed by atoms with van der Waals surface area (Å²) in [5.41, 5.74) is -3.74. The van der Waals surface area contributed by atoms with Gasteiger partial charge in [-0.3, -0.25) is 9.59 Å². The molecule has 0 aromatic heterocycles. The van der Waals surface area contributed by atoms with E-state index in [-0.39, 0.29) is 0 Å². The van der Waals surface area contributed by atoms with E-state index in [9.17, 15) is 14.9 Å². The van der Waals surface area contributed by atoms with E-state index in [1.54, 1.807) is 20.8 Å². The maximum absolute atomic E-state index is 12.1. The van der Waals surface area contributed by atoms with Crippen molar-refractivity contribution in [1.82, 2.24) is 0 Å². The minimum Gasteiger partial charge on any atom is -0.454 e. The molecule has 0 aliphatic carbocycles. The van der Waals surface area contributed by atoms with Crippen LogP contribution in [0, 0.1) is 16.7 Å². The zero-order valence-corrected chi connectivity index (χ0v) is 11.5. The molecular weight excluding hydrogens is 234 g/mol. The molecule has 5 heteroatoms. The van der Waals surface area contributed by atoms with Gasteiger partial charge < -0.3 is 9.47 Å². The van der Waals surface area contributed by atoms with Gasteiger partial charge >= 0.3 is 11.9 Å². The number of cyclic esters (lactones) is 1. The molecule has 100 valence electrons. The third-order valence-electron chi connectivity index (χ3n) is 3.82. The SMILES string of the molecule is CCCC1(C#N)C(=O)OC(C)(C)C1(C)OC(C)=O. The highest BCUT2D eigenvalue weighted by atomic mass is 16.6. The second kappa shape index (κ2) is 4.27. The Bertz CT molecular complexity index is 423. The van der Waals surface area contributed by atoms with Crippen LogP contribution >= 0.6 is 0 Å². The van der Waals surface area contributed by atoms with Gasteiger partial charge in [-0.2, -0.15) is 5.26 Å². The number of carbonyl (C=O) groups excluding carboxylic acids is 2. The predicted octanol–water partition coefficient (Wildman–Crippen LogP) is 1.95. The Kier molecular flexibility index (Phi) is 3.44. The van der Waals surface area contributed by atoms with Crippen LogP contribution in [0.1, 0.15) is 47.5 Å². The second-order valence-corrected chi connectivity index (χ2v) is 5.29. The van der Waals surface area contributed by atoms with Crippen LogP contribution in [0.5, 0.6) is 0 Å². The summed E-state index contributed by atoms with van der Waals surface area (Å²) >= 11 is 0. The fourth-order valence-electron chi connectivity index (χ4n) is 2.55. The highest BCUT2D eigenvalue weighted by molar-refractivity contribution is 5.86. The molecule has 1 fully saturated rings. The molecule has 2 unspecified atom stereocenters. The number of rotatable bonds is 3. The molecule has 1 aliphatic heterocycles. The summed E-state index contributed by atoms with van der Waals surface area (Å²) in [6.45, 7) is 8.04. The standard InChI is InChI=1S/C13H19NO4/c1-6-7-13(8-14)10(16)18-11(3,4)12(13,5)17-9(2)15/h6-7H2,1-5H3. The van der Waals surface area contributed by atoms with E-state index in [1.807, 2.05) is 13.0 Å². The summed E-state index contributed by atoms with van der Waals surface area (Å²) in [6.07, 6.45) is 0.922. The fourth-order valence-corrected chi connectivity index (χ4v) is 2.55. The maximum atomic E-state index is 12.1. The van der Waals surface area contributed by atoms with Crippen molar-refractivity contribution in [1.29, 1.82) is 5.26 Å². The van der Waals surface area contributed by atoms with E-state index in [1.165, 1.54) is 6.92 Å². The van der Waals surface area contributed by atoms with Gasteiger partial charge in [-0.25, -0.2) is 0 Å². The monoisotopic (exact) mass is 253 g/mol. The Morgan fingerprint density at radius 1 is 1.44 bits per heavy atom. The Balaban J connectivity index is 3.41. The third-order valence-corrected chi connectivity index (χ3v) is 3.82. The van der Waals surface area contributed by atoms with Crippen LogP contribution in [-0.4, -0.2) is 23.1 Å². The average Bonchev–Trinajstić information content (AvgIpc) is 2.35. The van der Waals surface area contributed by atoms with Crippen LogP contribution in [0.4, 0.5) is 0 Å². The van der Waals surface area contributed by atoms with Gasteiger partial charge in [0.15, 0.2) is 11.0 Å². The first-order valence-electron chi connectivity index (χ1n) is 6.01. The molecule has 2 atom stereocenters. The predicted molar refractivity (Wildman–Crippen MR) is 63.3 cm³/mol. The Labute approximate surface area is 107 Å². The van der Waals surface area contributed by atoms with Gasteiger partial charge in [0.1, 0.15) is 5.60 Å². The smallest absolute Gasteiger partial charge is 0.331 e. The summed E-state index contributed by atoms with van der Waals surface area (Å²) in [6, 6.07) is 2.03. The molecule has 5 nitrogen and oxygen atoms in total. The number of ether oxygens (including phenoxy) is 2. The second-order valence-electron chi connectivity index (χ2n) is 5.29. The normalized spacial score (nSPS) is 33.7. The number of hydrogen-bond acceptors (Lipinski definition) is 5. The lowest BCUT2D eigenvalue weighted by Crippen LogP contribution is -2.56. The number of esters is 2. The van der Waals surface area contributed by atoms with Crippen molar-refractivity contribution in [2.24, 2.45) is 5.41 Å². The molecule has 0 spiro atoms. The Morgan fingerprint density at radius 3 is 2.39 bits per heavy atom. The van der Waals surface area contributed by atoms with Crippen LogP contribution in [-0.2, 0) is 19.1 Å². The third kappa shape index (κ3) is 1.67. The minimum absolute atomic E-state index is 0.301. The molecule has 0 aromatic carbocycles. The van der Waals surface area contributed by atoms with Crippen molar-refractivity contribution >= 4 is 11.9 Å². The molecule has 18 heavy (non-hydrogen) atoms. The van der Waals surface area contributed by atoms with E-state index >= 15 is 0 Å². The van der Waals surface area contributed by atoms with Gasteiger partial charge in [-0.05, 0) is 27.2 Å². The molecule has 0 bridgehead atoms. The minimum atomic E-state index is -1.43. The van der Waals surface area contributed by atoms with Crippen molar-refractivity contribution in [2.45, 2.75) is 58.7 Å². The van der Waals surface area contributed by atoms with E-state index in [2.05, 4.69) is 0 Å². The number of nitriles is 1. The molecule has 0 radical (unpaired) electrons. The highest BCUT2D eigenvalue weighted by Crippen LogP contribution is 2.53. The highest BCUT2D eigenvalue weighted by Gasteiger charge is 2.72. The van der Waals surface area contributed by atoms with Crippen molar-refractivity contribution in [2.75, 3.05) is 0 Å². The summed E-state index contributed by atoms with van der Waals surface area (Å²) < 4.78 is 10.6. The topological polar surface area (TPSA) is 76.4 Å². The summed E-state index contributed by atoms with van der Waals surface area (Å²) in [4.78, 5) is 23.4. The molecule has 1 heterocycles. The van der Waals surface area contributed by atoms with Gasteiger partial charge in [0, 0.05) is 6.92 Å². The van der Waals surface area contributed by atoms with Crippen molar-refractivity contribution in [3.8, 4) is 6.07 Å².